The van der Waals surface area contributed by atoms with Crippen LogP contribution >= 0.6 is 0 Å². The maximum Gasteiger partial charge on any atom is 0.305 e. The van der Waals surface area contributed by atoms with Gasteiger partial charge in [-0.05, 0) is 17.5 Å². The monoisotopic (exact) mass is 328 g/mol. The largest absolute Gasteiger partial charge is 0.460 e. The maximum absolute atomic E-state index is 11.6. The van der Waals surface area contributed by atoms with E-state index in [1.807, 2.05) is 67.6 Å². The van der Waals surface area contributed by atoms with Gasteiger partial charge in [0, 0.05) is 6.42 Å². The zero-order chi connectivity index (χ0) is 17.0. The molecule has 4 heteroatoms. The topological polar surface area (TPSA) is 44.8 Å². The number of hydrogen-bond donors (Lipinski definition) is 0. The first kappa shape index (κ1) is 18.2. The fourth-order valence-corrected chi connectivity index (χ4v) is 2.11. The van der Waals surface area contributed by atoms with Crippen molar-refractivity contribution < 1.29 is 19.0 Å². The smallest absolute Gasteiger partial charge is 0.305 e. The SMILES string of the molecule is CCCC(=O)OCC(OCc1ccccc1)OCc1ccccc1. The fourth-order valence-electron chi connectivity index (χ4n) is 2.11. The van der Waals surface area contributed by atoms with Gasteiger partial charge in [-0.2, -0.15) is 0 Å². The van der Waals surface area contributed by atoms with Crippen LogP contribution in [0.1, 0.15) is 30.9 Å². The molecule has 0 fully saturated rings. The summed E-state index contributed by atoms with van der Waals surface area (Å²) in [7, 11) is 0. The van der Waals surface area contributed by atoms with Gasteiger partial charge < -0.3 is 14.2 Å². The predicted octanol–water partition coefficient (Wildman–Crippen LogP) is 4.09. The number of carbonyl (C=O) groups excluding carboxylic acids is 1. The van der Waals surface area contributed by atoms with E-state index in [1.165, 1.54) is 0 Å². The molecule has 0 spiro atoms. The lowest BCUT2D eigenvalue weighted by Crippen LogP contribution is -2.25. The third-order valence-electron chi connectivity index (χ3n) is 3.39. The Hall–Kier alpha value is -2.17. The van der Waals surface area contributed by atoms with Crippen molar-refractivity contribution >= 4 is 5.97 Å². The van der Waals surface area contributed by atoms with E-state index in [1.54, 1.807) is 0 Å². The molecular formula is C20H24O4. The molecule has 0 radical (unpaired) electrons. The van der Waals surface area contributed by atoms with Gasteiger partial charge >= 0.3 is 5.97 Å². The van der Waals surface area contributed by atoms with Crippen molar-refractivity contribution in [1.29, 1.82) is 0 Å². The van der Waals surface area contributed by atoms with E-state index in [4.69, 9.17) is 14.2 Å². The highest BCUT2D eigenvalue weighted by Gasteiger charge is 2.13. The Morgan fingerprint density at radius 2 is 1.38 bits per heavy atom. The van der Waals surface area contributed by atoms with Gasteiger partial charge in [0.05, 0.1) is 13.2 Å². The van der Waals surface area contributed by atoms with Crippen LogP contribution in [0.4, 0.5) is 0 Å². The summed E-state index contributed by atoms with van der Waals surface area (Å²) in [5, 5.41) is 0. The summed E-state index contributed by atoms with van der Waals surface area (Å²) >= 11 is 0. The Bertz CT molecular complexity index is 540. The lowest BCUT2D eigenvalue weighted by molar-refractivity contribution is -0.191. The molecule has 0 bridgehead atoms. The van der Waals surface area contributed by atoms with Gasteiger partial charge in [0.25, 0.3) is 0 Å². The van der Waals surface area contributed by atoms with Gasteiger partial charge in [-0.15, -0.1) is 0 Å². The van der Waals surface area contributed by atoms with Crippen LogP contribution in [-0.4, -0.2) is 18.9 Å². The van der Waals surface area contributed by atoms with Gasteiger partial charge in [0.15, 0.2) is 6.29 Å². The van der Waals surface area contributed by atoms with E-state index in [0.717, 1.165) is 17.5 Å². The minimum absolute atomic E-state index is 0.0957. The second kappa shape index (κ2) is 10.6. The summed E-state index contributed by atoms with van der Waals surface area (Å²) in [4.78, 5) is 11.6. The van der Waals surface area contributed by atoms with Crippen molar-refractivity contribution in [2.75, 3.05) is 6.61 Å². The van der Waals surface area contributed by atoms with E-state index in [-0.39, 0.29) is 12.6 Å². The Balaban J connectivity index is 1.86. The molecule has 128 valence electrons. The molecule has 4 nitrogen and oxygen atoms in total. The number of rotatable bonds is 10. The number of hydrogen-bond acceptors (Lipinski definition) is 4. The Morgan fingerprint density at radius 1 is 0.875 bits per heavy atom. The van der Waals surface area contributed by atoms with Gasteiger partial charge in [0.1, 0.15) is 6.61 Å². The molecule has 2 rings (SSSR count). The zero-order valence-electron chi connectivity index (χ0n) is 14.0. The first-order valence-electron chi connectivity index (χ1n) is 8.24. The Kier molecular flexibility index (Phi) is 8.01. The third kappa shape index (κ3) is 6.94. The molecule has 0 saturated heterocycles. The number of benzene rings is 2. The molecule has 0 aromatic heterocycles. The Labute approximate surface area is 143 Å². The quantitative estimate of drug-likeness (QED) is 0.487. The minimum atomic E-state index is -0.591. The van der Waals surface area contributed by atoms with E-state index in [0.29, 0.717) is 19.6 Å². The number of ether oxygens (including phenoxy) is 3. The van der Waals surface area contributed by atoms with Crippen molar-refractivity contribution in [3.05, 3.63) is 71.8 Å². The molecule has 0 saturated carbocycles. The van der Waals surface area contributed by atoms with Crippen LogP contribution in [0.15, 0.2) is 60.7 Å². The van der Waals surface area contributed by atoms with Crippen LogP contribution in [0, 0.1) is 0 Å². The predicted molar refractivity (Wildman–Crippen MR) is 92.1 cm³/mol. The highest BCUT2D eigenvalue weighted by atomic mass is 16.7. The van der Waals surface area contributed by atoms with Crippen LogP contribution in [0.2, 0.25) is 0 Å². The molecule has 0 amide bonds. The lowest BCUT2D eigenvalue weighted by atomic mass is 10.2. The molecule has 0 aliphatic rings. The van der Waals surface area contributed by atoms with E-state index in [9.17, 15) is 4.79 Å². The first-order chi connectivity index (χ1) is 11.8. The van der Waals surface area contributed by atoms with Crippen molar-refractivity contribution in [1.82, 2.24) is 0 Å². The summed E-state index contributed by atoms with van der Waals surface area (Å²) in [6.45, 7) is 2.85. The fraction of sp³-hybridized carbons (Fsp3) is 0.350. The second-order valence-corrected chi connectivity index (χ2v) is 5.46. The first-order valence-corrected chi connectivity index (χ1v) is 8.24. The summed E-state index contributed by atoms with van der Waals surface area (Å²) in [6, 6.07) is 19.7. The van der Waals surface area contributed by atoms with E-state index >= 15 is 0 Å². The van der Waals surface area contributed by atoms with Crippen LogP contribution in [0.3, 0.4) is 0 Å². The highest BCUT2D eigenvalue weighted by Crippen LogP contribution is 2.09. The lowest BCUT2D eigenvalue weighted by Gasteiger charge is -2.19. The molecule has 24 heavy (non-hydrogen) atoms. The van der Waals surface area contributed by atoms with Crippen molar-refractivity contribution in [2.45, 2.75) is 39.3 Å². The Morgan fingerprint density at radius 3 is 1.83 bits per heavy atom. The average molecular weight is 328 g/mol. The molecule has 0 aliphatic carbocycles. The van der Waals surface area contributed by atoms with Crippen LogP contribution in [0.5, 0.6) is 0 Å². The van der Waals surface area contributed by atoms with E-state index < -0.39 is 6.29 Å². The number of esters is 1. The van der Waals surface area contributed by atoms with Crippen LogP contribution in [0.25, 0.3) is 0 Å². The molecule has 0 aliphatic heterocycles. The molecule has 0 unspecified atom stereocenters. The summed E-state index contributed by atoms with van der Waals surface area (Å²) < 4.78 is 16.8. The third-order valence-corrected chi connectivity index (χ3v) is 3.39. The number of carbonyl (C=O) groups is 1. The van der Waals surface area contributed by atoms with Gasteiger partial charge in [-0.3, -0.25) is 4.79 Å². The molecule has 0 atom stereocenters. The molecule has 0 N–H and O–H groups in total. The molecular weight excluding hydrogens is 304 g/mol. The van der Waals surface area contributed by atoms with Crippen molar-refractivity contribution in [3.8, 4) is 0 Å². The normalized spacial score (nSPS) is 10.8. The molecule has 0 heterocycles. The highest BCUT2D eigenvalue weighted by molar-refractivity contribution is 5.69. The second-order valence-electron chi connectivity index (χ2n) is 5.46. The molecule has 2 aromatic carbocycles. The zero-order valence-corrected chi connectivity index (χ0v) is 14.0. The maximum atomic E-state index is 11.6. The van der Waals surface area contributed by atoms with Gasteiger partial charge in [-0.1, -0.05) is 67.6 Å². The van der Waals surface area contributed by atoms with Gasteiger partial charge in [0.2, 0.25) is 0 Å². The standard InChI is InChI=1S/C20H24O4/c1-2-9-19(21)22-16-20(23-14-17-10-5-3-6-11-17)24-15-18-12-7-4-8-13-18/h3-8,10-13,20H,2,9,14-16H2,1H3. The van der Waals surface area contributed by atoms with Crippen molar-refractivity contribution in [2.24, 2.45) is 0 Å². The van der Waals surface area contributed by atoms with Crippen molar-refractivity contribution in [3.63, 3.8) is 0 Å². The average Bonchev–Trinajstić information content (AvgIpc) is 2.63. The van der Waals surface area contributed by atoms with E-state index in [2.05, 4.69) is 0 Å². The molecule has 2 aromatic rings. The summed E-state index contributed by atoms with van der Waals surface area (Å²) in [5.74, 6) is -0.228. The van der Waals surface area contributed by atoms with Crippen LogP contribution in [-0.2, 0) is 32.2 Å². The minimum Gasteiger partial charge on any atom is -0.460 e. The summed E-state index contributed by atoms with van der Waals surface area (Å²) in [5.41, 5.74) is 2.09. The summed E-state index contributed by atoms with van der Waals surface area (Å²) in [6.07, 6.45) is 0.579. The van der Waals surface area contributed by atoms with Gasteiger partial charge in [-0.25, -0.2) is 0 Å². The van der Waals surface area contributed by atoms with Crippen LogP contribution < -0.4 is 0 Å².